The van der Waals surface area contributed by atoms with E-state index in [1.165, 1.54) is 11.8 Å². The summed E-state index contributed by atoms with van der Waals surface area (Å²) in [5.41, 5.74) is 7.04. The molecule has 0 unspecified atom stereocenters. The van der Waals surface area contributed by atoms with Crippen molar-refractivity contribution >= 4 is 49.1 Å². The highest BCUT2D eigenvalue weighted by Crippen LogP contribution is 2.24. The van der Waals surface area contributed by atoms with Gasteiger partial charge in [-0.2, -0.15) is 0 Å². The minimum Gasteiger partial charge on any atom is -0.398 e. The Morgan fingerprint density at radius 1 is 1.10 bits per heavy atom. The van der Waals surface area contributed by atoms with Crippen LogP contribution in [0.2, 0.25) is 0 Å². The fourth-order valence-electron chi connectivity index (χ4n) is 1.62. The van der Waals surface area contributed by atoms with E-state index in [-0.39, 0.29) is 5.75 Å². The molecule has 0 saturated carbocycles. The first-order valence-electron chi connectivity index (χ1n) is 6.20. The highest BCUT2D eigenvalue weighted by molar-refractivity contribution is 9.10. The van der Waals surface area contributed by atoms with Crippen LogP contribution in [0.25, 0.3) is 0 Å². The largest absolute Gasteiger partial charge is 0.398 e. The van der Waals surface area contributed by atoms with Gasteiger partial charge in [-0.3, -0.25) is 4.72 Å². The van der Waals surface area contributed by atoms with Crippen LogP contribution < -0.4 is 10.5 Å². The molecule has 21 heavy (non-hydrogen) atoms. The summed E-state index contributed by atoms with van der Waals surface area (Å²) in [6, 6.07) is 14.4. The minimum atomic E-state index is -3.36. The van der Waals surface area contributed by atoms with Gasteiger partial charge in [0.05, 0.1) is 5.75 Å². The smallest absolute Gasteiger partial charge is 0.233 e. The topological polar surface area (TPSA) is 72.2 Å². The highest BCUT2D eigenvalue weighted by atomic mass is 79.9. The molecule has 0 saturated heterocycles. The fraction of sp³-hybridized carbons (Fsp3) is 0.143. The maximum atomic E-state index is 12.0. The van der Waals surface area contributed by atoms with Crippen molar-refractivity contribution in [1.82, 2.24) is 0 Å². The zero-order valence-corrected chi connectivity index (χ0v) is 14.3. The second kappa shape index (κ2) is 7.20. The quantitative estimate of drug-likeness (QED) is 0.587. The third-order valence-corrected chi connectivity index (χ3v) is 5.81. The van der Waals surface area contributed by atoms with Crippen molar-refractivity contribution < 1.29 is 8.42 Å². The van der Waals surface area contributed by atoms with Crippen molar-refractivity contribution in [2.45, 2.75) is 4.90 Å². The van der Waals surface area contributed by atoms with E-state index >= 15 is 0 Å². The van der Waals surface area contributed by atoms with Crippen LogP contribution in [0.1, 0.15) is 0 Å². The molecule has 2 aromatic rings. The van der Waals surface area contributed by atoms with Crippen LogP contribution in [0.4, 0.5) is 11.4 Å². The van der Waals surface area contributed by atoms with E-state index in [0.717, 1.165) is 9.37 Å². The zero-order valence-electron chi connectivity index (χ0n) is 11.1. The lowest BCUT2D eigenvalue weighted by Gasteiger charge is -2.08. The number of anilines is 2. The van der Waals surface area contributed by atoms with Gasteiger partial charge in [0.15, 0.2) is 0 Å². The first kappa shape index (κ1) is 16.2. The van der Waals surface area contributed by atoms with E-state index in [1.807, 2.05) is 18.2 Å². The zero-order chi connectivity index (χ0) is 15.3. The normalized spacial score (nSPS) is 11.3. The Hall–Kier alpha value is -1.18. The molecule has 0 atom stereocenters. The Kier molecular flexibility index (Phi) is 5.55. The number of hydrogen-bond acceptors (Lipinski definition) is 4. The van der Waals surface area contributed by atoms with Crippen molar-refractivity contribution in [3.8, 4) is 0 Å². The van der Waals surface area contributed by atoms with Gasteiger partial charge in [0.25, 0.3) is 0 Å². The van der Waals surface area contributed by atoms with Crippen molar-refractivity contribution in [2.75, 3.05) is 22.0 Å². The van der Waals surface area contributed by atoms with Gasteiger partial charge in [0.1, 0.15) is 0 Å². The third kappa shape index (κ3) is 5.26. The number of nitrogens with two attached hydrogens (primary N) is 1. The third-order valence-electron chi connectivity index (χ3n) is 2.65. The Morgan fingerprint density at radius 2 is 1.76 bits per heavy atom. The number of nitrogens with one attached hydrogen (secondary N) is 1. The minimum absolute atomic E-state index is 0.0298. The SMILES string of the molecule is Nc1ccccc1SCCS(=O)(=O)Nc1ccc(Br)cc1. The summed E-state index contributed by atoms with van der Waals surface area (Å²) in [5.74, 6) is 0.474. The average molecular weight is 387 g/mol. The molecule has 0 aliphatic rings. The Balaban J connectivity index is 1.90. The summed E-state index contributed by atoms with van der Waals surface area (Å²) in [5, 5.41) is 0. The van der Waals surface area contributed by atoms with E-state index in [9.17, 15) is 8.42 Å². The van der Waals surface area contributed by atoms with E-state index in [2.05, 4.69) is 20.7 Å². The summed E-state index contributed by atoms with van der Waals surface area (Å²) in [6.45, 7) is 0. The van der Waals surface area contributed by atoms with Crippen molar-refractivity contribution in [3.63, 3.8) is 0 Å². The van der Waals surface area contributed by atoms with E-state index in [0.29, 0.717) is 17.1 Å². The van der Waals surface area contributed by atoms with Crippen molar-refractivity contribution in [1.29, 1.82) is 0 Å². The predicted molar refractivity (Wildman–Crippen MR) is 93.1 cm³/mol. The monoisotopic (exact) mass is 386 g/mol. The van der Waals surface area contributed by atoms with Crippen LogP contribution in [-0.4, -0.2) is 19.9 Å². The summed E-state index contributed by atoms with van der Waals surface area (Å²) >= 11 is 4.74. The number of rotatable bonds is 6. The molecule has 7 heteroatoms. The molecule has 2 rings (SSSR count). The molecule has 0 aliphatic heterocycles. The molecule has 0 bridgehead atoms. The number of nitrogen functional groups attached to an aromatic ring is 1. The number of benzene rings is 2. The van der Waals surface area contributed by atoms with Crippen LogP contribution in [0.15, 0.2) is 57.9 Å². The molecular weight excluding hydrogens is 372 g/mol. The Morgan fingerprint density at radius 3 is 2.43 bits per heavy atom. The molecule has 0 fully saturated rings. The maximum Gasteiger partial charge on any atom is 0.233 e. The number of sulfonamides is 1. The van der Waals surface area contributed by atoms with Crippen LogP contribution in [0.5, 0.6) is 0 Å². The highest BCUT2D eigenvalue weighted by Gasteiger charge is 2.11. The predicted octanol–water partition coefficient (Wildman–Crippen LogP) is 3.57. The lowest BCUT2D eigenvalue weighted by atomic mass is 10.3. The van der Waals surface area contributed by atoms with Crippen molar-refractivity contribution in [3.05, 3.63) is 53.0 Å². The molecule has 2 aromatic carbocycles. The van der Waals surface area contributed by atoms with Gasteiger partial charge in [-0.15, -0.1) is 11.8 Å². The molecule has 0 amide bonds. The van der Waals surface area contributed by atoms with Gasteiger partial charge >= 0.3 is 0 Å². The van der Waals surface area contributed by atoms with E-state index < -0.39 is 10.0 Å². The molecule has 4 nitrogen and oxygen atoms in total. The molecule has 0 heterocycles. The molecule has 0 aromatic heterocycles. The maximum absolute atomic E-state index is 12.0. The van der Waals surface area contributed by atoms with E-state index in [1.54, 1.807) is 30.3 Å². The second-order valence-corrected chi connectivity index (χ2v) is 8.21. The van der Waals surface area contributed by atoms with Crippen LogP contribution >= 0.6 is 27.7 Å². The van der Waals surface area contributed by atoms with Gasteiger partial charge in [0, 0.05) is 26.5 Å². The van der Waals surface area contributed by atoms with Gasteiger partial charge in [0.2, 0.25) is 10.0 Å². The number of thioether (sulfide) groups is 1. The Bertz CT molecular complexity index is 703. The summed E-state index contributed by atoms with van der Waals surface area (Å²) in [4.78, 5) is 0.899. The van der Waals surface area contributed by atoms with Crippen LogP contribution in [0.3, 0.4) is 0 Å². The molecular formula is C14H15BrN2O2S2. The Labute approximate surface area is 137 Å². The van der Waals surface area contributed by atoms with Gasteiger partial charge < -0.3 is 5.73 Å². The van der Waals surface area contributed by atoms with Crippen LogP contribution in [-0.2, 0) is 10.0 Å². The summed E-state index contributed by atoms with van der Waals surface area (Å²) < 4.78 is 27.4. The van der Waals surface area contributed by atoms with Crippen LogP contribution in [0, 0.1) is 0 Å². The lowest BCUT2D eigenvalue weighted by molar-refractivity contribution is 0.602. The lowest BCUT2D eigenvalue weighted by Crippen LogP contribution is -2.18. The molecule has 0 aliphatic carbocycles. The first-order chi connectivity index (χ1) is 9.96. The van der Waals surface area contributed by atoms with Gasteiger partial charge in [-0.25, -0.2) is 8.42 Å². The van der Waals surface area contributed by atoms with Gasteiger partial charge in [-0.1, -0.05) is 28.1 Å². The number of para-hydroxylation sites is 1. The standard InChI is InChI=1S/C14H15BrN2O2S2/c15-11-5-7-12(8-6-11)17-21(18,19)10-9-20-14-4-2-1-3-13(14)16/h1-8,17H,9-10,16H2. The fourth-order valence-corrected chi connectivity index (χ4v) is 4.32. The first-order valence-corrected chi connectivity index (χ1v) is 9.63. The average Bonchev–Trinajstić information content (AvgIpc) is 2.43. The molecule has 3 N–H and O–H groups in total. The van der Waals surface area contributed by atoms with E-state index in [4.69, 9.17) is 5.73 Å². The van der Waals surface area contributed by atoms with Gasteiger partial charge in [-0.05, 0) is 36.4 Å². The molecule has 112 valence electrons. The summed E-state index contributed by atoms with van der Waals surface area (Å²) in [6.07, 6.45) is 0. The number of halogens is 1. The molecule has 0 spiro atoms. The summed E-state index contributed by atoms with van der Waals surface area (Å²) in [7, 11) is -3.36. The van der Waals surface area contributed by atoms with Crippen molar-refractivity contribution in [2.24, 2.45) is 0 Å². The number of hydrogen-bond donors (Lipinski definition) is 2. The second-order valence-electron chi connectivity index (χ2n) is 4.31. The molecule has 0 radical (unpaired) electrons.